The molecule has 1 aromatic carbocycles. The SMILES string of the molecule is O=c1[nH]cc(-c2cccc(CN3CCNCC3)c2)[nH]1. The molecule has 1 aliphatic rings. The van der Waals surface area contributed by atoms with Crippen molar-refractivity contribution < 1.29 is 0 Å². The molecule has 0 atom stereocenters. The molecular weight excluding hydrogens is 240 g/mol. The van der Waals surface area contributed by atoms with Gasteiger partial charge < -0.3 is 15.3 Å². The maximum absolute atomic E-state index is 11.1. The Balaban J connectivity index is 1.77. The Morgan fingerprint density at radius 2 is 2.05 bits per heavy atom. The van der Waals surface area contributed by atoms with Crippen molar-refractivity contribution in [1.29, 1.82) is 0 Å². The molecule has 0 unspecified atom stereocenters. The van der Waals surface area contributed by atoms with Crippen molar-refractivity contribution in [3.8, 4) is 11.3 Å². The van der Waals surface area contributed by atoms with Crippen LogP contribution in [0.15, 0.2) is 35.3 Å². The van der Waals surface area contributed by atoms with Crippen molar-refractivity contribution in [1.82, 2.24) is 20.2 Å². The van der Waals surface area contributed by atoms with Crippen LogP contribution in [0.5, 0.6) is 0 Å². The molecule has 0 bridgehead atoms. The third-order valence-corrected chi connectivity index (χ3v) is 3.45. The maximum Gasteiger partial charge on any atom is 0.323 e. The van der Waals surface area contributed by atoms with E-state index in [2.05, 4.69) is 32.3 Å². The zero-order valence-corrected chi connectivity index (χ0v) is 10.8. The predicted molar refractivity (Wildman–Crippen MR) is 75.0 cm³/mol. The predicted octanol–water partition coefficient (Wildman–Crippen LogP) is 0.775. The van der Waals surface area contributed by atoms with Crippen LogP contribution in [0.25, 0.3) is 11.3 Å². The summed E-state index contributed by atoms with van der Waals surface area (Å²) in [6, 6.07) is 8.33. The average molecular weight is 258 g/mol. The van der Waals surface area contributed by atoms with Crippen LogP contribution in [0, 0.1) is 0 Å². The van der Waals surface area contributed by atoms with Crippen LogP contribution < -0.4 is 11.0 Å². The van der Waals surface area contributed by atoms with Crippen LogP contribution in [0.1, 0.15) is 5.56 Å². The van der Waals surface area contributed by atoms with Crippen molar-refractivity contribution >= 4 is 0 Å². The Morgan fingerprint density at radius 1 is 1.21 bits per heavy atom. The molecule has 2 aromatic rings. The van der Waals surface area contributed by atoms with E-state index in [1.165, 1.54) is 5.56 Å². The molecule has 19 heavy (non-hydrogen) atoms. The van der Waals surface area contributed by atoms with E-state index in [0.717, 1.165) is 44.0 Å². The highest BCUT2D eigenvalue weighted by Gasteiger charge is 2.10. The van der Waals surface area contributed by atoms with E-state index in [4.69, 9.17) is 0 Å². The number of piperazine rings is 1. The van der Waals surface area contributed by atoms with Crippen LogP contribution in [0.4, 0.5) is 0 Å². The highest BCUT2D eigenvalue weighted by Crippen LogP contribution is 2.17. The van der Waals surface area contributed by atoms with E-state index < -0.39 is 0 Å². The molecule has 2 heterocycles. The van der Waals surface area contributed by atoms with Gasteiger partial charge >= 0.3 is 5.69 Å². The lowest BCUT2D eigenvalue weighted by Crippen LogP contribution is -2.42. The summed E-state index contributed by atoms with van der Waals surface area (Å²) >= 11 is 0. The monoisotopic (exact) mass is 258 g/mol. The van der Waals surface area contributed by atoms with Gasteiger partial charge in [-0.05, 0) is 17.2 Å². The number of hydrogen-bond donors (Lipinski definition) is 3. The normalized spacial score (nSPS) is 16.6. The van der Waals surface area contributed by atoms with Crippen molar-refractivity contribution in [3.05, 3.63) is 46.5 Å². The summed E-state index contributed by atoms with van der Waals surface area (Å²) in [5, 5.41) is 3.35. The number of benzene rings is 1. The fourth-order valence-electron chi connectivity index (χ4n) is 2.45. The second kappa shape index (κ2) is 5.42. The van der Waals surface area contributed by atoms with Gasteiger partial charge in [0, 0.05) is 38.9 Å². The molecule has 0 aliphatic carbocycles. The molecule has 0 amide bonds. The van der Waals surface area contributed by atoms with Gasteiger partial charge in [0.2, 0.25) is 0 Å². The summed E-state index contributed by atoms with van der Waals surface area (Å²) in [7, 11) is 0. The van der Waals surface area contributed by atoms with E-state index in [9.17, 15) is 4.79 Å². The Morgan fingerprint density at radius 3 is 2.79 bits per heavy atom. The molecule has 100 valence electrons. The number of hydrogen-bond acceptors (Lipinski definition) is 3. The number of aromatic amines is 2. The van der Waals surface area contributed by atoms with Gasteiger partial charge in [-0.25, -0.2) is 4.79 Å². The highest BCUT2D eigenvalue weighted by atomic mass is 16.1. The summed E-state index contributed by atoms with van der Waals surface area (Å²) in [5.41, 5.74) is 3.00. The number of nitrogens with one attached hydrogen (secondary N) is 3. The summed E-state index contributed by atoms with van der Waals surface area (Å²) in [4.78, 5) is 19.0. The number of H-pyrrole nitrogens is 2. The van der Waals surface area contributed by atoms with E-state index in [1.54, 1.807) is 6.20 Å². The molecular formula is C14H18N4O. The van der Waals surface area contributed by atoms with Crippen LogP contribution in [0.2, 0.25) is 0 Å². The topological polar surface area (TPSA) is 63.9 Å². The Bertz CT molecular complexity index is 595. The molecule has 1 saturated heterocycles. The summed E-state index contributed by atoms with van der Waals surface area (Å²) in [5.74, 6) is 0. The van der Waals surface area contributed by atoms with Crippen LogP contribution in [0.3, 0.4) is 0 Å². The largest absolute Gasteiger partial charge is 0.323 e. The lowest BCUT2D eigenvalue weighted by Gasteiger charge is -2.27. The average Bonchev–Trinajstić information content (AvgIpc) is 2.87. The minimum absolute atomic E-state index is 0.164. The second-order valence-corrected chi connectivity index (χ2v) is 4.88. The van der Waals surface area contributed by atoms with Crippen LogP contribution in [-0.2, 0) is 6.54 Å². The van der Waals surface area contributed by atoms with Crippen LogP contribution >= 0.6 is 0 Å². The van der Waals surface area contributed by atoms with E-state index >= 15 is 0 Å². The Hall–Kier alpha value is -1.85. The van der Waals surface area contributed by atoms with Crippen molar-refractivity contribution in [2.24, 2.45) is 0 Å². The zero-order valence-electron chi connectivity index (χ0n) is 10.8. The fourth-order valence-corrected chi connectivity index (χ4v) is 2.45. The third-order valence-electron chi connectivity index (χ3n) is 3.45. The molecule has 0 saturated carbocycles. The molecule has 3 N–H and O–H groups in total. The fraction of sp³-hybridized carbons (Fsp3) is 0.357. The van der Waals surface area contributed by atoms with Crippen molar-refractivity contribution in [2.45, 2.75) is 6.54 Å². The van der Waals surface area contributed by atoms with Gasteiger partial charge in [-0.3, -0.25) is 4.90 Å². The highest BCUT2D eigenvalue weighted by molar-refractivity contribution is 5.58. The lowest BCUT2D eigenvalue weighted by molar-refractivity contribution is 0.233. The first-order valence-electron chi connectivity index (χ1n) is 6.61. The molecule has 1 aliphatic heterocycles. The molecule has 5 heteroatoms. The molecule has 0 radical (unpaired) electrons. The first-order chi connectivity index (χ1) is 9.31. The maximum atomic E-state index is 11.1. The third kappa shape index (κ3) is 2.94. The minimum atomic E-state index is -0.164. The molecule has 5 nitrogen and oxygen atoms in total. The van der Waals surface area contributed by atoms with Gasteiger partial charge in [-0.1, -0.05) is 18.2 Å². The minimum Gasteiger partial charge on any atom is -0.314 e. The quantitative estimate of drug-likeness (QED) is 0.762. The number of rotatable bonds is 3. The zero-order chi connectivity index (χ0) is 13.1. The van der Waals surface area contributed by atoms with Gasteiger partial charge in [0.15, 0.2) is 0 Å². The molecule has 1 aromatic heterocycles. The Kier molecular flexibility index (Phi) is 3.48. The van der Waals surface area contributed by atoms with E-state index in [0.29, 0.717) is 0 Å². The van der Waals surface area contributed by atoms with Crippen molar-refractivity contribution in [2.75, 3.05) is 26.2 Å². The van der Waals surface area contributed by atoms with Crippen molar-refractivity contribution in [3.63, 3.8) is 0 Å². The first kappa shape index (κ1) is 12.2. The summed E-state index contributed by atoms with van der Waals surface area (Å²) in [6.07, 6.45) is 1.71. The lowest BCUT2D eigenvalue weighted by atomic mass is 10.1. The summed E-state index contributed by atoms with van der Waals surface area (Å²) in [6.45, 7) is 5.26. The van der Waals surface area contributed by atoms with E-state index in [-0.39, 0.29) is 5.69 Å². The molecule has 1 fully saturated rings. The molecule has 3 rings (SSSR count). The first-order valence-corrected chi connectivity index (χ1v) is 6.61. The Labute approximate surface area is 111 Å². The van der Waals surface area contributed by atoms with Gasteiger partial charge in [-0.15, -0.1) is 0 Å². The number of aromatic nitrogens is 2. The smallest absolute Gasteiger partial charge is 0.314 e. The number of nitrogens with zero attached hydrogens (tertiary/aromatic N) is 1. The van der Waals surface area contributed by atoms with Crippen LogP contribution in [-0.4, -0.2) is 41.0 Å². The van der Waals surface area contributed by atoms with Gasteiger partial charge in [-0.2, -0.15) is 0 Å². The standard InChI is InChI=1S/C14H18N4O/c19-14-16-9-13(17-14)12-3-1-2-11(8-12)10-18-6-4-15-5-7-18/h1-3,8-9,15H,4-7,10H2,(H2,16,17,19). The van der Waals surface area contributed by atoms with E-state index in [1.807, 2.05) is 12.1 Å². The van der Waals surface area contributed by atoms with Gasteiger partial charge in [0.05, 0.1) is 5.69 Å². The number of imidazole rings is 1. The van der Waals surface area contributed by atoms with Gasteiger partial charge in [0.1, 0.15) is 0 Å². The second-order valence-electron chi connectivity index (χ2n) is 4.88. The summed E-state index contributed by atoms with van der Waals surface area (Å²) < 4.78 is 0. The molecule has 0 spiro atoms. The van der Waals surface area contributed by atoms with Gasteiger partial charge in [0.25, 0.3) is 0 Å².